The van der Waals surface area contributed by atoms with E-state index in [4.69, 9.17) is 13.9 Å². The highest BCUT2D eigenvalue weighted by atomic mass is 32.1. The first kappa shape index (κ1) is 19.2. The van der Waals surface area contributed by atoms with Crippen LogP contribution >= 0.6 is 11.3 Å². The molecule has 144 valence electrons. The summed E-state index contributed by atoms with van der Waals surface area (Å²) in [5.74, 6) is -1.56. The van der Waals surface area contributed by atoms with Gasteiger partial charge >= 0.3 is 11.9 Å². The summed E-state index contributed by atoms with van der Waals surface area (Å²) in [7, 11) is 0. The van der Waals surface area contributed by atoms with Crippen LogP contribution in [0.4, 0.5) is 5.00 Å². The van der Waals surface area contributed by atoms with E-state index in [1.54, 1.807) is 26.8 Å². The van der Waals surface area contributed by atoms with Crippen molar-refractivity contribution in [3.63, 3.8) is 0 Å². The van der Waals surface area contributed by atoms with Gasteiger partial charge in [-0.05, 0) is 57.7 Å². The number of thiophene rings is 1. The van der Waals surface area contributed by atoms with E-state index >= 15 is 0 Å². The molecule has 0 atom stereocenters. The van der Waals surface area contributed by atoms with Crippen molar-refractivity contribution in [2.75, 3.05) is 11.9 Å². The Balaban J connectivity index is 1.74. The molecule has 0 spiro atoms. The number of rotatable bonds is 5. The number of hydrogen-bond donors (Lipinski definition) is 1. The Morgan fingerprint density at radius 2 is 2.04 bits per heavy atom. The summed E-state index contributed by atoms with van der Waals surface area (Å²) in [5, 5.41) is 3.13. The molecule has 27 heavy (non-hydrogen) atoms. The van der Waals surface area contributed by atoms with E-state index in [-0.39, 0.29) is 5.76 Å². The minimum absolute atomic E-state index is 0.150. The van der Waals surface area contributed by atoms with Crippen LogP contribution in [0.25, 0.3) is 0 Å². The Kier molecular flexibility index (Phi) is 5.36. The maximum atomic E-state index is 12.6. The van der Waals surface area contributed by atoms with Crippen LogP contribution in [-0.2, 0) is 27.1 Å². The highest BCUT2D eigenvalue weighted by Gasteiger charge is 2.29. The molecule has 0 fully saturated rings. The average molecular weight is 391 g/mol. The quantitative estimate of drug-likeness (QED) is 0.783. The van der Waals surface area contributed by atoms with Gasteiger partial charge < -0.3 is 19.2 Å². The summed E-state index contributed by atoms with van der Waals surface area (Å²) in [4.78, 5) is 37.8. The van der Waals surface area contributed by atoms with E-state index in [0.29, 0.717) is 10.6 Å². The van der Waals surface area contributed by atoms with Gasteiger partial charge in [0.2, 0.25) is 0 Å². The molecule has 0 radical (unpaired) electrons. The molecule has 7 nitrogen and oxygen atoms in total. The lowest BCUT2D eigenvalue weighted by atomic mass is 10.1. The molecule has 1 aliphatic carbocycles. The number of esters is 2. The van der Waals surface area contributed by atoms with Gasteiger partial charge in [-0.3, -0.25) is 4.79 Å². The molecule has 2 aromatic heterocycles. The van der Waals surface area contributed by atoms with Gasteiger partial charge in [0.25, 0.3) is 5.91 Å². The fraction of sp³-hybridized carbons (Fsp3) is 0.421. The van der Waals surface area contributed by atoms with Gasteiger partial charge in [-0.15, -0.1) is 11.3 Å². The number of amides is 1. The van der Waals surface area contributed by atoms with Crippen LogP contribution in [0.1, 0.15) is 58.5 Å². The van der Waals surface area contributed by atoms with Gasteiger partial charge in [-0.1, -0.05) is 0 Å². The van der Waals surface area contributed by atoms with Gasteiger partial charge in [0.15, 0.2) is 12.4 Å². The van der Waals surface area contributed by atoms with Gasteiger partial charge in [0, 0.05) is 4.88 Å². The van der Waals surface area contributed by atoms with Gasteiger partial charge in [-0.25, -0.2) is 9.59 Å². The summed E-state index contributed by atoms with van der Waals surface area (Å²) in [6.45, 7) is 4.73. The molecule has 1 amide bonds. The number of furan rings is 1. The topological polar surface area (TPSA) is 94.8 Å². The zero-order valence-corrected chi connectivity index (χ0v) is 16.2. The molecular formula is C19H21NO6S. The molecule has 0 saturated carbocycles. The summed E-state index contributed by atoms with van der Waals surface area (Å²) in [6.07, 6.45) is 3.93. The molecule has 0 aliphatic heterocycles. The highest BCUT2D eigenvalue weighted by molar-refractivity contribution is 7.17. The SMILES string of the molecule is CC(C)(C)OC(=O)COC(=O)c1c(NC(=O)c2ccco2)sc2c1CCC2. The molecule has 2 heterocycles. The van der Waals surface area contributed by atoms with Gasteiger partial charge in [0.1, 0.15) is 10.6 Å². The fourth-order valence-electron chi connectivity index (χ4n) is 2.85. The van der Waals surface area contributed by atoms with E-state index in [1.807, 2.05) is 0 Å². The number of hydrogen-bond acceptors (Lipinski definition) is 7. The van der Waals surface area contributed by atoms with E-state index in [9.17, 15) is 14.4 Å². The predicted octanol–water partition coefficient (Wildman–Crippen LogP) is 3.58. The maximum absolute atomic E-state index is 12.6. The summed E-state index contributed by atoms with van der Waals surface area (Å²) in [5.41, 5.74) is 0.537. The summed E-state index contributed by atoms with van der Waals surface area (Å²) >= 11 is 1.36. The Hall–Kier alpha value is -2.61. The van der Waals surface area contributed by atoms with Crippen LogP contribution < -0.4 is 5.32 Å². The second-order valence-corrected chi connectivity index (χ2v) is 8.26. The number of anilines is 1. The Morgan fingerprint density at radius 1 is 1.26 bits per heavy atom. The molecular weight excluding hydrogens is 370 g/mol. The molecule has 0 unspecified atom stereocenters. The van der Waals surface area contributed by atoms with Crippen LogP contribution in [0.15, 0.2) is 22.8 Å². The minimum Gasteiger partial charge on any atom is -0.459 e. The molecule has 3 rings (SSSR count). The first-order valence-corrected chi connectivity index (χ1v) is 9.44. The molecule has 1 N–H and O–H groups in total. The number of carbonyl (C=O) groups is 3. The molecule has 0 saturated heterocycles. The van der Waals surface area contributed by atoms with Crippen molar-refractivity contribution in [2.45, 2.75) is 45.6 Å². The lowest BCUT2D eigenvalue weighted by Gasteiger charge is -2.19. The molecule has 8 heteroatoms. The van der Waals surface area contributed by atoms with Gasteiger partial charge in [-0.2, -0.15) is 0 Å². The first-order valence-electron chi connectivity index (χ1n) is 8.63. The van der Waals surface area contributed by atoms with E-state index in [1.165, 1.54) is 23.7 Å². The molecule has 0 aromatic carbocycles. The Morgan fingerprint density at radius 3 is 2.70 bits per heavy atom. The zero-order valence-electron chi connectivity index (χ0n) is 15.4. The standard InChI is InChI=1S/C19H21NO6S/c1-19(2,3)26-14(21)10-25-18(23)15-11-6-4-8-13(11)27-17(15)20-16(22)12-7-5-9-24-12/h5,7,9H,4,6,8,10H2,1-3H3,(H,20,22). The van der Waals surface area contributed by atoms with Crippen molar-refractivity contribution in [3.05, 3.63) is 40.2 Å². The second kappa shape index (κ2) is 7.56. The van der Waals surface area contributed by atoms with Crippen molar-refractivity contribution in [3.8, 4) is 0 Å². The normalized spacial score (nSPS) is 13.1. The summed E-state index contributed by atoms with van der Waals surface area (Å²) in [6, 6.07) is 3.15. The van der Waals surface area contributed by atoms with E-state index in [2.05, 4.69) is 5.32 Å². The third kappa shape index (κ3) is 4.57. The third-order valence-corrected chi connectivity index (χ3v) is 5.05. The average Bonchev–Trinajstić information content (AvgIpc) is 3.27. The van der Waals surface area contributed by atoms with Crippen molar-refractivity contribution >= 4 is 34.2 Å². The number of nitrogens with one attached hydrogen (secondary N) is 1. The highest BCUT2D eigenvalue weighted by Crippen LogP contribution is 2.39. The number of aryl methyl sites for hydroxylation is 1. The lowest BCUT2D eigenvalue weighted by molar-refractivity contribution is -0.158. The van der Waals surface area contributed by atoms with Crippen LogP contribution in [0.2, 0.25) is 0 Å². The number of fused-ring (bicyclic) bond motifs is 1. The van der Waals surface area contributed by atoms with E-state index in [0.717, 1.165) is 29.7 Å². The molecule has 0 bridgehead atoms. The molecule has 2 aromatic rings. The summed E-state index contributed by atoms with van der Waals surface area (Å²) < 4.78 is 15.4. The van der Waals surface area contributed by atoms with Crippen LogP contribution in [-0.4, -0.2) is 30.1 Å². The van der Waals surface area contributed by atoms with Crippen molar-refractivity contribution in [2.24, 2.45) is 0 Å². The molecule has 1 aliphatic rings. The van der Waals surface area contributed by atoms with Crippen molar-refractivity contribution in [1.29, 1.82) is 0 Å². The van der Waals surface area contributed by atoms with Crippen LogP contribution in [0.5, 0.6) is 0 Å². The van der Waals surface area contributed by atoms with Crippen molar-refractivity contribution in [1.82, 2.24) is 0 Å². The van der Waals surface area contributed by atoms with E-state index < -0.39 is 30.1 Å². The van der Waals surface area contributed by atoms with Crippen molar-refractivity contribution < 1.29 is 28.3 Å². The monoisotopic (exact) mass is 391 g/mol. The smallest absolute Gasteiger partial charge is 0.344 e. The largest absolute Gasteiger partial charge is 0.459 e. The second-order valence-electron chi connectivity index (χ2n) is 7.16. The van der Waals surface area contributed by atoms with Crippen LogP contribution in [0.3, 0.4) is 0 Å². The number of ether oxygens (including phenoxy) is 2. The number of carbonyl (C=O) groups excluding carboxylic acids is 3. The zero-order chi connectivity index (χ0) is 19.6. The minimum atomic E-state index is -0.657. The Labute approximate surface area is 160 Å². The van der Waals surface area contributed by atoms with Gasteiger partial charge in [0.05, 0.1) is 11.8 Å². The Bertz CT molecular complexity index is 860. The maximum Gasteiger partial charge on any atom is 0.344 e. The predicted molar refractivity (Wildman–Crippen MR) is 99.1 cm³/mol. The third-order valence-electron chi connectivity index (χ3n) is 3.84. The lowest BCUT2D eigenvalue weighted by Crippen LogP contribution is -2.27. The fourth-order valence-corrected chi connectivity index (χ4v) is 4.12. The first-order chi connectivity index (χ1) is 12.7. The van der Waals surface area contributed by atoms with Crippen LogP contribution in [0, 0.1) is 0 Å².